The number of carbonyl (C=O) groups is 1. The van der Waals surface area contributed by atoms with Crippen molar-refractivity contribution in [3.05, 3.63) is 0 Å². The second-order valence-corrected chi connectivity index (χ2v) is 2.32. The molecule has 0 aromatic heterocycles. The van der Waals surface area contributed by atoms with Crippen molar-refractivity contribution in [1.82, 2.24) is 5.32 Å². The highest BCUT2D eigenvalue weighted by atomic mass is 16.3. The van der Waals surface area contributed by atoms with Crippen LogP contribution in [0, 0.1) is 0 Å². The van der Waals surface area contributed by atoms with Crippen LogP contribution in [0.15, 0.2) is 0 Å². The minimum atomic E-state index is -1.28. The summed E-state index contributed by atoms with van der Waals surface area (Å²) >= 11 is 0. The molecule has 1 aliphatic rings. The topological polar surface area (TPSA) is 75.4 Å². The third-order valence-corrected chi connectivity index (χ3v) is 1.59. The van der Waals surface area contributed by atoms with Gasteiger partial charge in [-0.1, -0.05) is 0 Å². The van der Waals surface area contributed by atoms with E-state index in [-0.39, 0.29) is 0 Å². The summed E-state index contributed by atoms with van der Waals surface area (Å²) in [6.07, 6.45) is 0.433. The predicted molar refractivity (Wildman–Crippen MR) is 31.6 cm³/mol. The molecule has 0 bridgehead atoms. The van der Waals surface area contributed by atoms with E-state index < -0.39 is 11.5 Å². The van der Waals surface area contributed by atoms with Gasteiger partial charge in [-0.05, 0) is 13.0 Å². The van der Waals surface area contributed by atoms with Crippen molar-refractivity contribution >= 4 is 5.91 Å². The Labute approximate surface area is 53.0 Å². The van der Waals surface area contributed by atoms with E-state index in [2.05, 4.69) is 5.32 Å². The summed E-state index contributed by atoms with van der Waals surface area (Å²) in [6.45, 7) is 0.960. The second-order valence-electron chi connectivity index (χ2n) is 2.32. The lowest BCUT2D eigenvalue weighted by Crippen LogP contribution is -2.45. The minimum absolute atomic E-state index is 0.294. The van der Waals surface area contributed by atoms with Crippen LogP contribution in [0.5, 0.6) is 0 Å². The van der Waals surface area contributed by atoms with E-state index in [0.29, 0.717) is 19.5 Å². The number of carbonyl (C=O) groups excluding carboxylic acids is 1. The normalized spacial score (nSPS) is 34.8. The maximum absolute atomic E-state index is 10.5. The van der Waals surface area contributed by atoms with Crippen LogP contribution >= 0.6 is 0 Å². The minimum Gasteiger partial charge on any atom is -0.379 e. The molecule has 0 aromatic rings. The fourth-order valence-corrected chi connectivity index (χ4v) is 0.889. The van der Waals surface area contributed by atoms with Crippen molar-refractivity contribution in [2.75, 3.05) is 13.1 Å². The van der Waals surface area contributed by atoms with E-state index in [9.17, 15) is 9.90 Å². The Kier molecular flexibility index (Phi) is 1.42. The molecule has 4 nitrogen and oxygen atoms in total. The van der Waals surface area contributed by atoms with Crippen LogP contribution < -0.4 is 11.1 Å². The molecule has 1 atom stereocenters. The van der Waals surface area contributed by atoms with E-state index in [1.54, 1.807) is 0 Å². The van der Waals surface area contributed by atoms with Gasteiger partial charge in [0.1, 0.15) is 0 Å². The lowest BCUT2D eigenvalue weighted by molar-refractivity contribution is -0.134. The molecule has 1 fully saturated rings. The van der Waals surface area contributed by atoms with Gasteiger partial charge in [-0.25, -0.2) is 0 Å². The Bertz CT molecular complexity index is 129. The van der Waals surface area contributed by atoms with Crippen LogP contribution in [0.3, 0.4) is 0 Å². The van der Waals surface area contributed by atoms with Crippen LogP contribution in [0.25, 0.3) is 0 Å². The predicted octanol–water partition coefficient (Wildman–Crippen LogP) is -1.80. The molecule has 1 heterocycles. The Morgan fingerprint density at radius 1 is 1.78 bits per heavy atom. The van der Waals surface area contributed by atoms with Gasteiger partial charge < -0.3 is 16.2 Å². The van der Waals surface area contributed by atoms with Crippen molar-refractivity contribution in [2.45, 2.75) is 12.0 Å². The summed E-state index contributed by atoms with van der Waals surface area (Å²) in [4.78, 5) is 10.5. The van der Waals surface area contributed by atoms with Gasteiger partial charge in [0.25, 0.3) is 5.91 Å². The Hall–Kier alpha value is -0.610. The number of primary amides is 1. The number of nitrogens with one attached hydrogen (secondary N) is 1. The molecule has 0 spiro atoms. The van der Waals surface area contributed by atoms with Gasteiger partial charge in [-0.15, -0.1) is 0 Å². The molecule has 4 heteroatoms. The highest BCUT2D eigenvalue weighted by molar-refractivity contribution is 5.83. The summed E-state index contributed by atoms with van der Waals surface area (Å²) in [5, 5.41) is 12.1. The standard InChI is InChI=1S/C5H10N2O2/c6-4(8)5(9)1-2-7-3-5/h7,9H,1-3H2,(H2,6,8)/t5-/m1/s1. The first kappa shape index (κ1) is 6.51. The highest BCUT2D eigenvalue weighted by Crippen LogP contribution is 2.12. The van der Waals surface area contributed by atoms with Gasteiger partial charge in [-0.3, -0.25) is 4.79 Å². The zero-order chi connectivity index (χ0) is 6.91. The lowest BCUT2D eigenvalue weighted by Gasteiger charge is -2.14. The summed E-state index contributed by atoms with van der Waals surface area (Å²) in [5.41, 5.74) is 3.63. The third-order valence-electron chi connectivity index (χ3n) is 1.59. The van der Waals surface area contributed by atoms with E-state index in [0.717, 1.165) is 0 Å². The van der Waals surface area contributed by atoms with Gasteiger partial charge in [0.15, 0.2) is 5.60 Å². The number of nitrogens with two attached hydrogens (primary N) is 1. The number of amides is 1. The molecule has 1 aliphatic heterocycles. The molecule has 1 saturated heterocycles. The number of hydrogen-bond donors (Lipinski definition) is 3. The average molecular weight is 130 g/mol. The van der Waals surface area contributed by atoms with Gasteiger partial charge >= 0.3 is 0 Å². The van der Waals surface area contributed by atoms with E-state index in [1.165, 1.54) is 0 Å². The van der Waals surface area contributed by atoms with Crippen molar-refractivity contribution in [1.29, 1.82) is 0 Å². The van der Waals surface area contributed by atoms with Gasteiger partial charge in [0.2, 0.25) is 0 Å². The molecule has 0 saturated carbocycles. The maximum Gasteiger partial charge on any atom is 0.250 e. The molecule has 1 rings (SSSR count). The molecule has 0 unspecified atom stereocenters. The van der Waals surface area contributed by atoms with Gasteiger partial charge in [0.05, 0.1) is 0 Å². The molecular weight excluding hydrogens is 120 g/mol. The Balaban J connectivity index is 2.61. The van der Waals surface area contributed by atoms with E-state index >= 15 is 0 Å². The van der Waals surface area contributed by atoms with Crippen LogP contribution in [-0.2, 0) is 4.79 Å². The largest absolute Gasteiger partial charge is 0.379 e. The molecule has 0 aliphatic carbocycles. The van der Waals surface area contributed by atoms with Crippen LogP contribution in [0.4, 0.5) is 0 Å². The van der Waals surface area contributed by atoms with E-state index in [4.69, 9.17) is 5.73 Å². The van der Waals surface area contributed by atoms with Crippen LogP contribution in [0.1, 0.15) is 6.42 Å². The molecule has 0 aromatic carbocycles. The first-order valence-electron chi connectivity index (χ1n) is 2.88. The smallest absolute Gasteiger partial charge is 0.250 e. The fourth-order valence-electron chi connectivity index (χ4n) is 0.889. The number of β-amino-alcohol motifs (C(OH)–C–C–N with tert-alkyl or cyclic N) is 1. The van der Waals surface area contributed by atoms with E-state index in [1.807, 2.05) is 0 Å². The zero-order valence-electron chi connectivity index (χ0n) is 5.05. The number of aliphatic hydroxyl groups is 1. The van der Waals surface area contributed by atoms with Crippen molar-refractivity contribution in [3.8, 4) is 0 Å². The lowest BCUT2D eigenvalue weighted by atomic mass is 10.0. The summed E-state index contributed by atoms with van der Waals surface area (Å²) < 4.78 is 0. The molecular formula is C5H10N2O2. The average Bonchev–Trinajstić information content (AvgIpc) is 2.16. The van der Waals surface area contributed by atoms with Gasteiger partial charge in [0, 0.05) is 6.54 Å². The van der Waals surface area contributed by atoms with Crippen molar-refractivity contribution < 1.29 is 9.90 Å². The Morgan fingerprint density at radius 3 is 2.67 bits per heavy atom. The highest BCUT2D eigenvalue weighted by Gasteiger charge is 2.36. The second kappa shape index (κ2) is 1.97. The molecule has 52 valence electrons. The summed E-state index contributed by atoms with van der Waals surface area (Å²) in [6, 6.07) is 0. The quantitative estimate of drug-likeness (QED) is 0.392. The third kappa shape index (κ3) is 1.04. The molecule has 4 N–H and O–H groups in total. The van der Waals surface area contributed by atoms with Gasteiger partial charge in [-0.2, -0.15) is 0 Å². The monoisotopic (exact) mass is 130 g/mol. The number of hydrogen-bond acceptors (Lipinski definition) is 3. The number of rotatable bonds is 1. The molecule has 1 amide bonds. The molecule has 9 heavy (non-hydrogen) atoms. The summed E-state index contributed by atoms with van der Waals surface area (Å²) in [5.74, 6) is -0.632. The van der Waals surface area contributed by atoms with Crippen molar-refractivity contribution in [3.63, 3.8) is 0 Å². The van der Waals surface area contributed by atoms with Crippen LogP contribution in [-0.4, -0.2) is 29.7 Å². The zero-order valence-corrected chi connectivity index (χ0v) is 5.05. The maximum atomic E-state index is 10.5. The first-order chi connectivity index (χ1) is 4.15. The fraction of sp³-hybridized carbons (Fsp3) is 0.800. The van der Waals surface area contributed by atoms with Crippen LogP contribution in [0.2, 0.25) is 0 Å². The molecule has 0 radical (unpaired) electrons. The SMILES string of the molecule is NC(=O)[C@@]1(O)CCNC1. The first-order valence-corrected chi connectivity index (χ1v) is 2.88. The Morgan fingerprint density at radius 2 is 2.44 bits per heavy atom. The van der Waals surface area contributed by atoms with Crippen molar-refractivity contribution in [2.24, 2.45) is 5.73 Å². The summed E-state index contributed by atoms with van der Waals surface area (Å²) in [7, 11) is 0.